The number of hydrogen-bond donors (Lipinski definition) is 1. The zero-order valence-corrected chi connectivity index (χ0v) is 18.6. The Morgan fingerprint density at radius 3 is 2.55 bits per heavy atom. The van der Waals surface area contributed by atoms with E-state index in [0.717, 1.165) is 5.75 Å². The van der Waals surface area contributed by atoms with Crippen molar-refractivity contribution in [1.82, 2.24) is 25.0 Å². The Morgan fingerprint density at radius 2 is 1.90 bits per heavy atom. The number of nitrogens with zero attached hydrogens (tertiary/aromatic N) is 4. The van der Waals surface area contributed by atoms with Crippen molar-refractivity contribution in [2.45, 2.75) is 23.9 Å². The van der Waals surface area contributed by atoms with Crippen LogP contribution in [0.5, 0.6) is 0 Å². The average molecular weight is 450 g/mol. The van der Waals surface area contributed by atoms with Crippen molar-refractivity contribution in [2.24, 2.45) is 0 Å². The van der Waals surface area contributed by atoms with Crippen molar-refractivity contribution >= 4 is 41.0 Å². The normalized spacial score (nSPS) is 11.9. The van der Waals surface area contributed by atoms with Gasteiger partial charge < -0.3 is 10.2 Å². The second-order valence-corrected chi connectivity index (χ2v) is 8.40. The van der Waals surface area contributed by atoms with Crippen LogP contribution < -0.4 is 5.32 Å². The summed E-state index contributed by atoms with van der Waals surface area (Å²) in [4.78, 5) is 13.6. The lowest BCUT2D eigenvalue weighted by atomic mass is 10.2. The summed E-state index contributed by atoms with van der Waals surface area (Å²) in [6, 6.07) is 14.8. The van der Waals surface area contributed by atoms with Crippen LogP contribution in [0.25, 0.3) is 5.69 Å². The van der Waals surface area contributed by atoms with Gasteiger partial charge in [0.05, 0.1) is 16.8 Å². The quantitative estimate of drug-likeness (QED) is 0.525. The van der Waals surface area contributed by atoms with Crippen LogP contribution in [-0.2, 0) is 5.75 Å². The summed E-state index contributed by atoms with van der Waals surface area (Å²) >= 11 is 14.1. The van der Waals surface area contributed by atoms with Gasteiger partial charge in [0.25, 0.3) is 0 Å². The lowest BCUT2D eigenvalue weighted by Gasteiger charge is -2.19. The van der Waals surface area contributed by atoms with E-state index in [1.165, 1.54) is 10.5 Å². The van der Waals surface area contributed by atoms with Crippen LogP contribution in [0.15, 0.2) is 53.7 Å². The van der Waals surface area contributed by atoms with E-state index in [1.54, 1.807) is 38.0 Å². The third-order valence-corrected chi connectivity index (χ3v) is 5.69. The van der Waals surface area contributed by atoms with Crippen LogP contribution in [0.4, 0.5) is 4.79 Å². The molecule has 2 aromatic carbocycles. The maximum atomic E-state index is 12.1. The van der Waals surface area contributed by atoms with Gasteiger partial charge in [0.1, 0.15) is 0 Å². The Hall–Kier alpha value is -2.22. The number of aromatic nitrogens is 3. The van der Waals surface area contributed by atoms with Gasteiger partial charge in [-0.3, -0.25) is 4.57 Å². The molecule has 3 aromatic rings. The number of thioether (sulfide) groups is 1. The molecule has 0 spiro atoms. The van der Waals surface area contributed by atoms with Crippen LogP contribution in [-0.4, -0.2) is 39.8 Å². The molecule has 0 aliphatic rings. The minimum Gasteiger partial charge on any atom is -0.331 e. The zero-order valence-electron chi connectivity index (χ0n) is 16.3. The first-order valence-electron chi connectivity index (χ1n) is 8.92. The first-order chi connectivity index (χ1) is 13.9. The maximum Gasteiger partial charge on any atom is 0.317 e. The number of halogens is 2. The third kappa shape index (κ3) is 5.23. The predicted octanol–water partition coefficient (Wildman–Crippen LogP) is 5.20. The molecule has 1 heterocycles. The lowest BCUT2D eigenvalue weighted by Crippen LogP contribution is -2.37. The predicted molar refractivity (Wildman–Crippen MR) is 118 cm³/mol. The Labute approximate surface area is 184 Å². The molecule has 0 aliphatic heterocycles. The molecule has 2 amide bonds. The lowest BCUT2D eigenvalue weighted by molar-refractivity contribution is 0.213. The number of urea groups is 1. The Kier molecular flexibility index (Phi) is 7.05. The van der Waals surface area contributed by atoms with Crippen LogP contribution in [0.1, 0.15) is 24.4 Å². The molecule has 0 fully saturated rings. The van der Waals surface area contributed by atoms with Gasteiger partial charge in [0, 0.05) is 24.9 Å². The van der Waals surface area contributed by atoms with Gasteiger partial charge in [-0.1, -0.05) is 65.3 Å². The summed E-state index contributed by atoms with van der Waals surface area (Å²) in [5.41, 5.74) is 1.88. The third-order valence-electron chi connectivity index (χ3n) is 4.15. The molecular formula is C20H21Cl2N5OS. The van der Waals surface area contributed by atoms with E-state index in [2.05, 4.69) is 27.6 Å². The van der Waals surface area contributed by atoms with E-state index in [9.17, 15) is 4.79 Å². The summed E-state index contributed by atoms with van der Waals surface area (Å²) in [7, 11) is 3.37. The molecule has 0 aliphatic carbocycles. The van der Waals surface area contributed by atoms with E-state index in [1.807, 2.05) is 35.8 Å². The highest BCUT2D eigenvalue weighted by Crippen LogP contribution is 2.32. The summed E-state index contributed by atoms with van der Waals surface area (Å²) in [5.74, 6) is 1.31. The first kappa shape index (κ1) is 21.5. The molecule has 0 saturated carbocycles. The number of amides is 2. The smallest absolute Gasteiger partial charge is 0.317 e. The number of carbonyl (C=O) groups excluding carboxylic acids is 1. The van der Waals surface area contributed by atoms with Crippen LogP contribution >= 0.6 is 35.0 Å². The van der Waals surface area contributed by atoms with Crippen molar-refractivity contribution in [1.29, 1.82) is 0 Å². The van der Waals surface area contributed by atoms with Gasteiger partial charge in [0.2, 0.25) is 0 Å². The van der Waals surface area contributed by atoms with Crippen molar-refractivity contribution in [3.05, 3.63) is 70.0 Å². The SMILES string of the molecule is CC(NC(=O)N(C)C)c1nnc(SCc2ccccc2)n1-c1ccc(Cl)cc1Cl. The van der Waals surface area contributed by atoms with Crippen LogP contribution in [0, 0.1) is 0 Å². The molecular weight excluding hydrogens is 429 g/mol. The highest BCUT2D eigenvalue weighted by molar-refractivity contribution is 7.98. The van der Waals surface area contributed by atoms with Crippen molar-refractivity contribution < 1.29 is 4.79 Å². The molecule has 1 aromatic heterocycles. The maximum absolute atomic E-state index is 12.1. The van der Waals surface area contributed by atoms with Crippen molar-refractivity contribution in [3.8, 4) is 5.69 Å². The molecule has 9 heteroatoms. The van der Waals surface area contributed by atoms with Gasteiger partial charge >= 0.3 is 6.03 Å². The first-order valence-corrected chi connectivity index (χ1v) is 10.7. The highest BCUT2D eigenvalue weighted by Gasteiger charge is 2.23. The Morgan fingerprint density at radius 1 is 1.17 bits per heavy atom. The van der Waals surface area contributed by atoms with E-state index >= 15 is 0 Å². The largest absolute Gasteiger partial charge is 0.331 e. The van der Waals surface area contributed by atoms with Crippen LogP contribution in [0.3, 0.4) is 0 Å². The summed E-state index contributed by atoms with van der Waals surface area (Å²) in [6.07, 6.45) is 0. The standard InChI is InChI=1S/C20H21Cl2N5OS/c1-13(23-19(28)26(2)3)18-24-25-20(29-12-14-7-5-4-6-8-14)27(18)17-10-9-15(21)11-16(17)22/h4-11,13H,12H2,1-3H3,(H,23,28). The van der Waals surface area contributed by atoms with Gasteiger partial charge in [-0.05, 0) is 30.7 Å². The fraction of sp³-hybridized carbons (Fsp3) is 0.250. The topological polar surface area (TPSA) is 63.1 Å². The molecule has 29 heavy (non-hydrogen) atoms. The van der Waals surface area contributed by atoms with Gasteiger partial charge in [-0.15, -0.1) is 10.2 Å². The molecule has 0 saturated heterocycles. The second-order valence-electron chi connectivity index (χ2n) is 6.61. The molecule has 3 rings (SSSR count). The Bertz CT molecular complexity index is 994. The summed E-state index contributed by atoms with van der Waals surface area (Å²) in [5, 5.41) is 13.3. The summed E-state index contributed by atoms with van der Waals surface area (Å²) < 4.78 is 1.87. The molecule has 0 radical (unpaired) electrons. The molecule has 6 nitrogen and oxygen atoms in total. The van der Waals surface area contributed by atoms with E-state index in [4.69, 9.17) is 23.2 Å². The fourth-order valence-corrected chi connectivity index (χ4v) is 4.05. The number of nitrogens with one attached hydrogen (secondary N) is 1. The Balaban J connectivity index is 1.97. The molecule has 1 N–H and O–H groups in total. The van der Waals surface area contributed by atoms with E-state index in [0.29, 0.717) is 26.7 Å². The van der Waals surface area contributed by atoms with Gasteiger partial charge in [-0.25, -0.2) is 4.79 Å². The molecule has 1 atom stereocenters. The van der Waals surface area contributed by atoms with Crippen LogP contribution in [0.2, 0.25) is 10.0 Å². The van der Waals surface area contributed by atoms with Gasteiger partial charge in [-0.2, -0.15) is 0 Å². The minimum atomic E-state index is -0.379. The minimum absolute atomic E-state index is 0.215. The number of hydrogen-bond acceptors (Lipinski definition) is 4. The fourth-order valence-electron chi connectivity index (χ4n) is 2.65. The van der Waals surface area contributed by atoms with Crippen molar-refractivity contribution in [3.63, 3.8) is 0 Å². The monoisotopic (exact) mass is 449 g/mol. The molecule has 152 valence electrons. The van der Waals surface area contributed by atoms with Crippen molar-refractivity contribution in [2.75, 3.05) is 14.1 Å². The highest BCUT2D eigenvalue weighted by atomic mass is 35.5. The van der Waals surface area contributed by atoms with E-state index < -0.39 is 0 Å². The number of carbonyl (C=O) groups is 1. The molecule has 0 bridgehead atoms. The number of rotatable bonds is 6. The van der Waals surface area contributed by atoms with Gasteiger partial charge in [0.15, 0.2) is 11.0 Å². The zero-order chi connectivity index (χ0) is 21.0. The second kappa shape index (κ2) is 9.52. The van der Waals surface area contributed by atoms with E-state index in [-0.39, 0.29) is 12.1 Å². The summed E-state index contributed by atoms with van der Waals surface area (Å²) in [6.45, 7) is 1.86. The average Bonchev–Trinajstić information content (AvgIpc) is 3.11. The number of benzene rings is 2. The molecule has 1 unspecified atom stereocenters.